The third-order valence-electron chi connectivity index (χ3n) is 3.32. The summed E-state index contributed by atoms with van der Waals surface area (Å²) in [5.74, 6) is 0. The first-order valence-corrected chi connectivity index (χ1v) is 7.70. The zero-order chi connectivity index (χ0) is 14.2. The molecule has 0 fully saturated rings. The Morgan fingerprint density at radius 2 is 2.15 bits per heavy atom. The topological polar surface area (TPSA) is 88.9 Å². The minimum atomic E-state index is -3.59. The van der Waals surface area contributed by atoms with Crippen LogP contribution in [0.2, 0.25) is 0 Å². The average Bonchev–Trinajstić information content (AvgIpc) is 3.04. The van der Waals surface area contributed by atoms with Crippen molar-refractivity contribution in [1.29, 1.82) is 0 Å². The zero-order valence-electron chi connectivity index (χ0n) is 11.0. The van der Waals surface area contributed by atoms with Crippen LogP contribution >= 0.6 is 0 Å². The Balaban J connectivity index is 1.75. The first kappa shape index (κ1) is 13.2. The number of hydrogen-bond donors (Lipinski definition) is 2. The molecule has 0 saturated carbocycles. The number of rotatable bonds is 4. The first-order chi connectivity index (χ1) is 9.56. The van der Waals surface area contributed by atoms with Crippen LogP contribution in [0.4, 0.5) is 0 Å². The molecule has 0 amide bonds. The molecule has 2 N–H and O–H groups in total. The van der Waals surface area contributed by atoms with Gasteiger partial charge in [-0.25, -0.2) is 17.8 Å². The van der Waals surface area contributed by atoms with E-state index in [4.69, 9.17) is 0 Å². The number of aryl methyl sites for hydroxylation is 1. The van der Waals surface area contributed by atoms with Crippen LogP contribution < -0.4 is 10.0 Å². The minimum absolute atomic E-state index is 0.0559. The maximum Gasteiger partial charge on any atom is 0.259 e. The van der Waals surface area contributed by atoms with Gasteiger partial charge in [0.25, 0.3) is 10.0 Å². The Morgan fingerprint density at radius 1 is 1.35 bits per heavy atom. The maximum atomic E-state index is 12.1. The van der Waals surface area contributed by atoms with Crippen molar-refractivity contribution >= 4 is 10.0 Å². The predicted molar refractivity (Wildman–Crippen MR) is 72.0 cm³/mol. The molecule has 20 heavy (non-hydrogen) atoms. The lowest BCUT2D eigenvalue weighted by molar-refractivity contribution is 0.560. The number of nitrogens with one attached hydrogen (secondary N) is 2. The van der Waals surface area contributed by atoms with Crippen molar-refractivity contribution in [2.75, 3.05) is 0 Å². The highest BCUT2D eigenvalue weighted by molar-refractivity contribution is 7.89. The predicted octanol–water partition coefficient (Wildman–Crippen LogP) is -0.103. The number of sulfonamides is 1. The van der Waals surface area contributed by atoms with Crippen molar-refractivity contribution in [3.05, 3.63) is 41.1 Å². The summed E-state index contributed by atoms with van der Waals surface area (Å²) in [6, 6.07) is 6.00. The van der Waals surface area contributed by atoms with Gasteiger partial charge in [0.2, 0.25) is 0 Å². The zero-order valence-corrected chi connectivity index (χ0v) is 11.8. The van der Waals surface area contributed by atoms with E-state index >= 15 is 0 Å². The molecule has 0 atom stereocenters. The third-order valence-corrected chi connectivity index (χ3v) is 4.76. The fourth-order valence-electron chi connectivity index (χ4n) is 2.23. The van der Waals surface area contributed by atoms with Crippen molar-refractivity contribution in [1.82, 2.24) is 25.0 Å². The summed E-state index contributed by atoms with van der Waals surface area (Å²) in [6.07, 6.45) is 1.23. The van der Waals surface area contributed by atoms with Crippen LogP contribution in [0.25, 0.3) is 0 Å². The second-order valence-electron chi connectivity index (χ2n) is 4.73. The molecule has 1 aliphatic rings. The largest absolute Gasteiger partial charge is 0.309 e. The summed E-state index contributed by atoms with van der Waals surface area (Å²) in [4.78, 5) is 0. The van der Waals surface area contributed by atoms with Crippen molar-refractivity contribution in [2.24, 2.45) is 7.05 Å². The van der Waals surface area contributed by atoms with Gasteiger partial charge >= 0.3 is 0 Å². The lowest BCUT2D eigenvalue weighted by atomic mass is 10.1. The molecule has 2 heterocycles. The summed E-state index contributed by atoms with van der Waals surface area (Å²) in [6.45, 7) is 1.96. The number of nitrogens with zero attached hydrogens (tertiary/aromatic N) is 3. The molecule has 2 aromatic rings. The minimum Gasteiger partial charge on any atom is -0.309 e. The molecule has 0 spiro atoms. The molecule has 0 unspecified atom stereocenters. The quantitative estimate of drug-likeness (QED) is 0.821. The Labute approximate surface area is 117 Å². The Morgan fingerprint density at radius 3 is 2.90 bits per heavy atom. The lowest BCUT2D eigenvalue weighted by Gasteiger charge is -2.07. The number of hydrogen-bond acceptors (Lipinski definition) is 5. The van der Waals surface area contributed by atoms with E-state index in [1.165, 1.54) is 22.0 Å². The molecule has 1 aromatic carbocycles. The molecule has 1 aromatic heterocycles. The van der Waals surface area contributed by atoms with Crippen LogP contribution in [0.3, 0.4) is 0 Å². The van der Waals surface area contributed by atoms with E-state index in [1.807, 2.05) is 18.2 Å². The van der Waals surface area contributed by atoms with Gasteiger partial charge < -0.3 is 5.32 Å². The molecule has 0 aliphatic carbocycles. The van der Waals surface area contributed by atoms with E-state index in [9.17, 15) is 8.42 Å². The van der Waals surface area contributed by atoms with Gasteiger partial charge in [-0.2, -0.15) is 0 Å². The molecule has 106 valence electrons. The van der Waals surface area contributed by atoms with Gasteiger partial charge in [0, 0.05) is 26.7 Å². The number of fused-ring (bicyclic) bond motifs is 1. The van der Waals surface area contributed by atoms with E-state index in [-0.39, 0.29) is 11.6 Å². The summed E-state index contributed by atoms with van der Waals surface area (Å²) in [5.41, 5.74) is 3.43. The van der Waals surface area contributed by atoms with E-state index in [2.05, 4.69) is 20.4 Å². The fourth-order valence-corrected chi connectivity index (χ4v) is 3.31. The number of benzene rings is 1. The Hall–Kier alpha value is -1.77. The third kappa shape index (κ3) is 2.45. The van der Waals surface area contributed by atoms with Crippen molar-refractivity contribution in [2.45, 2.75) is 24.7 Å². The first-order valence-electron chi connectivity index (χ1n) is 6.22. The van der Waals surface area contributed by atoms with Gasteiger partial charge in [-0.15, -0.1) is 5.10 Å². The van der Waals surface area contributed by atoms with Crippen LogP contribution in [0.15, 0.2) is 29.4 Å². The van der Waals surface area contributed by atoms with Crippen LogP contribution in [0, 0.1) is 0 Å². The molecule has 3 rings (SSSR count). The molecule has 8 heteroatoms. The van der Waals surface area contributed by atoms with Gasteiger partial charge in [0.05, 0.1) is 6.20 Å². The van der Waals surface area contributed by atoms with Crippen LogP contribution in [-0.4, -0.2) is 23.4 Å². The summed E-state index contributed by atoms with van der Waals surface area (Å²) in [5, 5.41) is 10.5. The molecule has 0 saturated heterocycles. The Bertz CT molecular complexity index is 738. The summed E-state index contributed by atoms with van der Waals surface area (Å²) < 4.78 is 28.0. The van der Waals surface area contributed by atoms with Gasteiger partial charge in [-0.1, -0.05) is 23.4 Å². The normalized spacial score (nSPS) is 14.4. The highest BCUT2D eigenvalue weighted by Crippen LogP contribution is 2.17. The SMILES string of the molecule is Cn1nncc1S(=O)(=O)NCc1ccc2c(c1)CNC2. The van der Waals surface area contributed by atoms with Gasteiger partial charge in [0.1, 0.15) is 0 Å². The van der Waals surface area contributed by atoms with Crippen LogP contribution in [0.1, 0.15) is 16.7 Å². The molecule has 0 radical (unpaired) electrons. The fraction of sp³-hybridized carbons (Fsp3) is 0.333. The maximum absolute atomic E-state index is 12.1. The monoisotopic (exact) mass is 293 g/mol. The summed E-state index contributed by atoms with van der Waals surface area (Å²) in [7, 11) is -2.04. The average molecular weight is 293 g/mol. The van der Waals surface area contributed by atoms with Crippen molar-refractivity contribution in [3.8, 4) is 0 Å². The summed E-state index contributed by atoms with van der Waals surface area (Å²) >= 11 is 0. The molecular weight excluding hydrogens is 278 g/mol. The highest BCUT2D eigenvalue weighted by Gasteiger charge is 2.19. The smallest absolute Gasteiger partial charge is 0.259 e. The van der Waals surface area contributed by atoms with E-state index in [0.29, 0.717) is 0 Å². The van der Waals surface area contributed by atoms with Crippen molar-refractivity contribution in [3.63, 3.8) is 0 Å². The number of aromatic nitrogens is 3. The molecular formula is C12H15N5O2S. The highest BCUT2D eigenvalue weighted by atomic mass is 32.2. The second-order valence-corrected chi connectivity index (χ2v) is 6.44. The molecule has 1 aliphatic heterocycles. The standard InChI is InChI=1S/C12H15N5O2S/c1-17-12(8-14-16-17)20(18,19)15-5-9-2-3-10-6-13-7-11(10)4-9/h2-4,8,13,15H,5-7H2,1H3. The Kier molecular flexibility index (Phi) is 3.28. The van der Waals surface area contributed by atoms with E-state index < -0.39 is 10.0 Å². The van der Waals surface area contributed by atoms with Gasteiger partial charge in [0.15, 0.2) is 5.03 Å². The van der Waals surface area contributed by atoms with Crippen LogP contribution in [0.5, 0.6) is 0 Å². The van der Waals surface area contributed by atoms with Crippen LogP contribution in [-0.2, 0) is 36.7 Å². The van der Waals surface area contributed by atoms with Crippen molar-refractivity contribution < 1.29 is 8.42 Å². The second kappa shape index (κ2) is 4.97. The van der Waals surface area contributed by atoms with Gasteiger partial charge in [-0.3, -0.25) is 0 Å². The van der Waals surface area contributed by atoms with E-state index in [1.54, 1.807) is 7.05 Å². The van der Waals surface area contributed by atoms with E-state index in [0.717, 1.165) is 18.7 Å². The lowest BCUT2D eigenvalue weighted by Crippen LogP contribution is -2.25. The molecule has 0 bridgehead atoms. The van der Waals surface area contributed by atoms with Gasteiger partial charge in [-0.05, 0) is 16.7 Å². The molecule has 7 nitrogen and oxygen atoms in total.